The van der Waals surface area contributed by atoms with Gasteiger partial charge in [-0.25, -0.2) is 4.79 Å². The van der Waals surface area contributed by atoms with E-state index in [1.807, 2.05) is 31.4 Å². The van der Waals surface area contributed by atoms with Crippen LogP contribution in [0.3, 0.4) is 0 Å². The Balaban J connectivity index is 2.49. The highest BCUT2D eigenvalue weighted by Gasteiger charge is 2.19. The number of ether oxygens (including phenoxy) is 2. The summed E-state index contributed by atoms with van der Waals surface area (Å²) in [5.41, 5.74) is 0. The van der Waals surface area contributed by atoms with Crippen LogP contribution in [0.4, 0.5) is 4.79 Å². The van der Waals surface area contributed by atoms with E-state index in [1.54, 1.807) is 7.05 Å². The molecule has 6 heteroatoms. The number of thiophene rings is 1. The van der Waals surface area contributed by atoms with E-state index in [-0.39, 0.29) is 18.2 Å². The minimum atomic E-state index is -0.351. The van der Waals surface area contributed by atoms with Crippen molar-refractivity contribution in [2.45, 2.75) is 33.3 Å². The first kappa shape index (κ1) is 17.5. The SMILES string of the molecule is CC(=O)OC(CCN(C)C(=O)OCC(C)C)c1cccs1. The van der Waals surface area contributed by atoms with E-state index in [0.717, 1.165) is 4.88 Å². The van der Waals surface area contributed by atoms with Gasteiger partial charge in [0, 0.05) is 31.8 Å². The second kappa shape index (κ2) is 8.67. The van der Waals surface area contributed by atoms with E-state index in [2.05, 4.69) is 0 Å². The third-order valence-electron chi connectivity index (χ3n) is 2.75. The lowest BCUT2D eigenvalue weighted by Crippen LogP contribution is -2.30. The second-order valence-electron chi connectivity index (χ2n) is 5.29. The Morgan fingerprint density at radius 1 is 1.38 bits per heavy atom. The van der Waals surface area contributed by atoms with Gasteiger partial charge < -0.3 is 14.4 Å². The number of rotatable bonds is 7. The lowest BCUT2D eigenvalue weighted by molar-refractivity contribution is -0.147. The monoisotopic (exact) mass is 313 g/mol. The predicted octanol–water partition coefficient (Wildman–Crippen LogP) is 3.47. The van der Waals surface area contributed by atoms with Gasteiger partial charge in [-0.1, -0.05) is 19.9 Å². The van der Waals surface area contributed by atoms with Crippen LogP contribution in [0, 0.1) is 5.92 Å². The molecule has 0 radical (unpaired) electrons. The molecule has 0 aromatic carbocycles. The molecule has 1 unspecified atom stereocenters. The molecule has 0 spiro atoms. The topological polar surface area (TPSA) is 55.8 Å². The zero-order valence-corrected chi connectivity index (χ0v) is 13.8. The summed E-state index contributed by atoms with van der Waals surface area (Å²) in [5.74, 6) is -0.0132. The standard InChI is InChI=1S/C15H23NO4S/c1-11(2)10-19-15(18)16(4)8-7-13(20-12(3)17)14-6-5-9-21-14/h5-6,9,11,13H,7-8,10H2,1-4H3. The van der Waals surface area contributed by atoms with Gasteiger partial charge in [0.05, 0.1) is 6.61 Å². The molecule has 1 rings (SSSR count). The maximum atomic E-state index is 11.8. The number of esters is 1. The third kappa shape index (κ3) is 6.62. The highest BCUT2D eigenvalue weighted by molar-refractivity contribution is 7.10. The Kier molecular flexibility index (Phi) is 7.22. The average Bonchev–Trinajstić information content (AvgIpc) is 2.93. The van der Waals surface area contributed by atoms with E-state index in [1.165, 1.54) is 23.2 Å². The van der Waals surface area contributed by atoms with Crippen LogP contribution < -0.4 is 0 Å². The van der Waals surface area contributed by atoms with Gasteiger partial charge in [-0.15, -0.1) is 11.3 Å². The molecule has 0 fully saturated rings. The Hall–Kier alpha value is -1.56. The third-order valence-corrected chi connectivity index (χ3v) is 3.71. The van der Waals surface area contributed by atoms with Crippen LogP contribution in [-0.2, 0) is 14.3 Å². The molecule has 0 saturated carbocycles. The van der Waals surface area contributed by atoms with E-state index in [4.69, 9.17) is 9.47 Å². The predicted molar refractivity (Wildman–Crippen MR) is 82.3 cm³/mol. The summed E-state index contributed by atoms with van der Waals surface area (Å²) in [6.07, 6.45) is -0.118. The number of amides is 1. The first-order valence-electron chi connectivity index (χ1n) is 6.98. The molecule has 118 valence electrons. The van der Waals surface area contributed by atoms with Gasteiger partial charge in [0.25, 0.3) is 0 Å². The first-order chi connectivity index (χ1) is 9.90. The normalized spacial score (nSPS) is 12.0. The van der Waals surface area contributed by atoms with Crippen molar-refractivity contribution < 1.29 is 19.1 Å². The summed E-state index contributed by atoms with van der Waals surface area (Å²) in [6.45, 7) is 6.23. The van der Waals surface area contributed by atoms with E-state index < -0.39 is 0 Å². The van der Waals surface area contributed by atoms with Gasteiger partial charge in [-0.05, 0) is 17.4 Å². The summed E-state index contributed by atoms with van der Waals surface area (Å²) < 4.78 is 10.5. The molecule has 1 amide bonds. The van der Waals surface area contributed by atoms with Crippen molar-refractivity contribution >= 4 is 23.4 Å². The summed E-state index contributed by atoms with van der Waals surface area (Å²) in [5, 5.41) is 1.94. The van der Waals surface area contributed by atoms with Gasteiger partial charge in [-0.3, -0.25) is 4.79 Å². The molecule has 5 nitrogen and oxygen atoms in total. The zero-order valence-electron chi connectivity index (χ0n) is 13.0. The smallest absolute Gasteiger partial charge is 0.409 e. The van der Waals surface area contributed by atoms with Crippen LogP contribution >= 0.6 is 11.3 Å². The molecule has 0 aliphatic carbocycles. The molecule has 0 N–H and O–H groups in total. The molecule has 1 aromatic rings. The molecule has 21 heavy (non-hydrogen) atoms. The lowest BCUT2D eigenvalue weighted by atomic mass is 10.2. The Morgan fingerprint density at radius 2 is 2.10 bits per heavy atom. The van der Waals surface area contributed by atoms with Crippen LogP contribution in [0.2, 0.25) is 0 Å². The van der Waals surface area contributed by atoms with Gasteiger partial charge >= 0.3 is 12.1 Å². The number of hydrogen-bond acceptors (Lipinski definition) is 5. The fourth-order valence-electron chi connectivity index (χ4n) is 1.68. The Labute approximate surface area is 129 Å². The molecular formula is C15H23NO4S. The molecule has 1 heterocycles. The summed E-state index contributed by atoms with van der Waals surface area (Å²) in [4.78, 5) is 25.4. The van der Waals surface area contributed by atoms with Crippen molar-refractivity contribution in [2.75, 3.05) is 20.2 Å². The highest BCUT2D eigenvalue weighted by Crippen LogP contribution is 2.26. The van der Waals surface area contributed by atoms with Gasteiger partial charge in [0.15, 0.2) is 0 Å². The fourth-order valence-corrected chi connectivity index (χ4v) is 2.47. The minimum absolute atomic E-state index is 0.308. The molecule has 1 atom stereocenters. The van der Waals surface area contributed by atoms with Crippen molar-refractivity contribution in [3.8, 4) is 0 Å². The van der Waals surface area contributed by atoms with Gasteiger partial charge in [-0.2, -0.15) is 0 Å². The molecule has 0 saturated heterocycles. The van der Waals surface area contributed by atoms with E-state index in [0.29, 0.717) is 25.5 Å². The Bertz CT molecular complexity index is 445. The first-order valence-corrected chi connectivity index (χ1v) is 7.86. The Morgan fingerprint density at radius 3 is 2.62 bits per heavy atom. The number of carbonyl (C=O) groups excluding carboxylic acids is 2. The summed E-state index contributed by atoms with van der Waals surface area (Å²) in [7, 11) is 1.68. The van der Waals surface area contributed by atoms with Gasteiger partial charge in [0.2, 0.25) is 0 Å². The van der Waals surface area contributed by atoms with Crippen LogP contribution in [0.5, 0.6) is 0 Å². The average molecular weight is 313 g/mol. The van der Waals surface area contributed by atoms with Crippen molar-refractivity contribution in [1.82, 2.24) is 4.90 Å². The second-order valence-corrected chi connectivity index (χ2v) is 6.27. The maximum Gasteiger partial charge on any atom is 0.409 e. The highest BCUT2D eigenvalue weighted by atomic mass is 32.1. The molecule has 0 aliphatic heterocycles. The maximum absolute atomic E-state index is 11.8. The minimum Gasteiger partial charge on any atom is -0.457 e. The summed E-state index contributed by atoms with van der Waals surface area (Å²) >= 11 is 1.54. The van der Waals surface area contributed by atoms with Crippen LogP contribution in [0.1, 0.15) is 38.2 Å². The van der Waals surface area contributed by atoms with Gasteiger partial charge in [0.1, 0.15) is 6.10 Å². The number of carbonyl (C=O) groups is 2. The van der Waals surface area contributed by atoms with Crippen molar-refractivity contribution in [3.05, 3.63) is 22.4 Å². The fraction of sp³-hybridized carbons (Fsp3) is 0.600. The van der Waals surface area contributed by atoms with Crippen LogP contribution in [0.15, 0.2) is 17.5 Å². The van der Waals surface area contributed by atoms with Crippen LogP contribution in [-0.4, -0.2) is 37.2 Å². The van der Waals surface area contributed by atoms with Crippen molar-refractivity contribution in [3.63, 3.8) is 0 Å². The number of nitrogens with zero attached hydrogens (tertiary/aromatic N) is 1. The quantitative estimate of drug-likeness (QED) is 0.723. The molecule has 0 bridgehead atoms. The molecule has 0 aliphatic rings. The van der Waals surface area contributed by atoms with E-state index in [9.17, 15) is 9.59 Å². The van der Waals surface area contributed by atoms with Crippen LogP contribution in [0.25, 0.3) is 0 Å². The van der Waals surface area contributed by atoms with Crippen molar-refractivity contribution in [2.24, 2.45) is 5.92 Å². The van der Waals surface area contributed by atoms with Crippen molar-refractivity contribution in [1.29, 1.82) is 0 Å². The largest absolute Gasteiger partial charge is 0.457 e. The molecular weight excluding hydrogens is 290 g/mol. The number of hydrogen-bond donors (Lipinski definition) is 0. The zero-order chi connectivity index (χ0) is 15.8. The summed E-state index contributed by atoms with van der Waals surface area (Å²) in [6, 6.07) is 3.84. The lowest BCUT2D eigenvalue weighted by Gasteiger charge is -2.21. The molecule has 1 aromatic heterocycles. The van der Waals surface area contributed by atoms with E-state index >= 15 is 0 Å².